The zero-order chi connectivity index (χ0) is 22.4. The summed E-state index contributed by atoms with van der Waals surface area (Å²) < 4.78 is 5.29. The van der Waals surface area contributed by atoms with E-state index in [1.807, 2.05) is 48.7 Å². The Labute approximate surface area is 183 Å². The number of para-hydroxylation sites is 1. The maximum absolute atomic E-state index is 12.6. The van der Waals surface area contributed by atoms with Gasteiger partial charge < -0.3 is 19.9 Å². The average Bonchev–Trinajstić information content (AvgIpc) is 3.18. The van der Waals surface area contributed by atoms with E-state index in [9.17, 15) is 9.59 Å². The van der Waals surface area contributed by atoms with Crippen molar-refractivity contribution < 1.29 is 14.3 Å². The maximum atomic E-state index is 12.6. The molecule has 0 bridgehead atoms. The minimum atomic E-state index is -0.118. The van der Waals surface area contributed by atoms with Crippen LogP contribution in [0.1, 0.15) is 17.0 Å². The fourth-order valence-corrected chi connectivity index (χ4v) is 3.57. The van der Waals surface area contributed by atoms with Gasteiger partial charge in [-0.1, -0.05) is 30.3 Å². The second-order valence-electron chi connectivity index (χ2n) is 7.88. The summed E-state index contributed by atoms with van der Waals surface area (Å²) in [7, 11) is 6.82. The van der Waals surface area contributed by atoms with Gasteiger partial charge >= 0.3 is 0 Å². The normalized spacial score (nSPS) is 12.0. The number of nitrogens with zero attached hydrogens (tertiary/aromatic N) is 2. The number of carbonyl (C=O) groups is 2. The molecule has 0 aliphatic heterocycles. The number of carbonyl (C=O) groups excluding carboxylic acids is 2. The lowest BCUT2D eigenvalue weighted by Crippen LogP contribution is -2.41. The third-order valence-corrected chi connectivity index (χ3v) is 5.34. The molecule has 1 heterocycles. The molecule has 1 atom stereocenters. The Morgan fingerprint density at radius 3 is 2.42 bits per heavy atom. The second-order valence-corrected chi connectivity index (χ2v) is 7.88. The van der Waals surface area contributed by atoms with E-state index in [1.165, 1.54) is 4.90 Å². The smallest absolute Gasteiger partial charge is 0.236 e. The summed E-state index contributed by atoms with van der Waals surface area (Å²) in [5.41, 5.74) is 3.27. The first-order chi connectivity index (χ1) is 14.9. The minimum absolute atomic E-state index is 0.0280. The second kappa shape index (κ2) is 10.1. The number of rotatable bonds is 9. The lowest BCUT2D eigenvalue weighted by Gasteiger charge is -2.21. The zero-order valence-corrected chi connectivity index (χ0v) is 18.5. The van der Waals surface area contributed by atoms with Crippen LogP contribution in [0.25, 0.3) is 10.9 Å². The van der Waals surface area contributed by atoms with Crippen LogP contribution in [-0.4, -0.2) is 74.5 Å². The predicted molar refractivity (Wildman–Crippen MR) is 122 cm³/mol. The van der Waals surface area contributed by atoms with Crippen LogP contribution in [0.5, 0.6) is 5.75 Å². The molecule has 0 unspecified atom stereocenters. The molecule has 0 aliphatic rings. The molecule has 0 radical (unpaired) electrons. The van der Waals surface area contributed by atoms with Crippen molar-refractivity contribution >= 4 is 22.7 Å². The predicted octanol–water partition coefficient (Wildman–Crippen LogP) is 2.44. The summed E-state index contributed by atoms with van der Waals surface area (Å²) in [6.45, 7) is 0.802. The molecule has 0 fully saturated rings. The number of ether oxygens (including phenoxy) is 1. The maximum Gasteiger partial charge on any atom is 0.236 e. The van der Waals surface area contributed by atoms with Gasteiger partial charge in [0, 0.05) is 43.7 Å². The molecule has 7 heteroatoms. The summed E-state index contributed by atoms with van der Waals surface area (Å²) in [6.07, 6.45) is 2.01. The molecule has 3 rings (SSSR count). The van der Waals surface area contributed by atoms with Crippen LogP contribution >= 0.6 is 0 Å². The van der Waals surface area contributed by atoms with Crippen molar-refractivity contribution in [2.45, 2.75) is 5.92 Å². The number of aromatic nitrogens is 1. The molecule has 0 saturated heterocycles. The SMILES string of the molecule is COc1ccc([C@@H](CNC(=O)CN(C)CC(=O)N(C)C)c2c[nH]c3ccccc23)cc1. The van der Waals surface area contributed by atoms with Gasteiger partial charge in [0.1, 0.15) is 5.75 Å². The van der Waals surface area contributed by atoms with Crippen LogP contribution in [0.4, 0.5) is 0 Å². The van der Waals surface area contributed by atoms with Gasteiger partial charge in [-0.3, -0.25) is 14.5 Å². The third-order valence-electron chi connectivity index (χ3n) is 5.34. The Kier molecular flexibility index (Phi) is 7.31. The Morgan fingerprint density at radius 2 is 1.74 bits per heavy atom. The topological polar surface area (TPSA) is 77.7 Å². The summed E-state index contributed by atoms with van der Waals surface area (Å²) in [5, 5.41) is 4.18. The molecule has 0 aliphatic carbocycles. The first-order valence-corrected chi connectivity index (χ1v) is 10.2. The van der Waals surface area contributed by atoms with Crippen LogP contribution in [0.3, 0.4) is 0 Å². The van der Waals surface area contributed by atoms with Crippen molar-refractivity contribution in [3.05, 3.63) is 65.9 Å². The number of benzene rings is 2. The van der Waals surface area contributed by atoms with Crippen molar-refractivity contribution in [3.8, 4) is 5.75 Å². The highest BCUT2D eigenvalue weighted by Gasteiger charge is 2.20. The molecule has 164 valence electrons. The van der Waals surface area contributed by atoms with Gasteiger partial charge in [0.15, 0.2) is 0 Å². The summed E-state index contributed by atoms with van der Waals surface area (Å²) >= 11 is 0. The fraction of sp³-hybridized carbons (Fsp3) is 0.333. The van der Waals surface area contributed by atoms with E-state index in [1.54, 1.807) is 33.2 Å². The van der Waals surface area contributed by atoms with Crippen molar-refractivity contribution in [2.75, 3.05) is 47.9 Å². The van der Waals surface area contributed by atoms with Crippen LogP contribution in [0.15, 0.2) is 54.7 Å². The number of hydrogen-bond acceptors (Lipinski definition) is 4. The Balaban J connectivity index is 1.76. The van der Waals surface area contributed by atoms with Crippen LogP contribution in [0.2, 0.25) is 0 Å². The fourth-order valence-electron chi connectivity index (χ4n) is 3.57. The lowest BCUT2D eigenvalue weighted by molar-refractivity contribution is -0.130. The van der Waals surface area contributed by atoms with E-state index >= 15 is 0 Å². The van der Waals surface area contributed by atoms with Crippen molar-refractivity contribution in [3.63, 3.8) is 0 Å². The molecule has 2 amide bonds. The van der Waals surface area contributed by atoms with E-state index in [4.69, 9.17) is 4.74 Å². The zero-order valence-electron chi connectivity index (χ0n) is 18.5. The molecule has 3 aromatic rings. The summed E-state index contributed by atoms with van der Waals surface area (Å²) in [6, 6.07) is 16.1. The molecule has 2 N–H and O–H groups in total. The van der Waals surface area contributed by atoms with Crippen LogP contribution < -0.4 is 10.1 Å². The highest BCUT2D eigenvalue weighted by atomic mass is 16.5. The van der Waals surface area contributed by atoms with E-state index in [-0.39, 0.29) is 30.8 Å². The Bertz CT molecular complexity index is 1030. The van der Waals surface area contributed by atoms with Crippen molar-refractivity contribution in [2.24, 2.45) is 0 Å². The molecule has 31 heavy (non-hydrogen) atoms. The van der Waals surface area contributed by atoms with Crippen LogP contribution in [0, 0.1) is 0 Å². The highest BCUT2D eigenvalue weighted by molar-refractivity contribution is 5.84. The van der Waals surface area contributed by atoms with Gasteiger partial charge in [-0.15, -0.1) is 0 Å². The number of nitrogens with one attached hydrogen (secondary N) is 2. The number of aromatic amines is 1. The van der Waals surface area contributed by atoms with Gasteiger partial charge in [0.05, 0.1) is 20.2 Å². The van der Waals surface area contributed by atoms with Crippen molar-refractivity contribution in [1.29, 1.82) is 0 Å². The molecule has 7 nitrogen and oxygen atoms in total. The molecule has 1 aromatic heterocycles. The Hall–Kier alpha value is -3.32. The van der Waals surface area contributed by atoms with Gasteiger partial charge in [-0.2, -0.15) is 0 Å². The van der Waals surface area contributed by atoms with E-state index < -0.39 is 0 Å². The Morgan fingerprint density at radius 1 is 1.03 bits per heavy atom. The van der Waals surface area contributed by atoms with Crippen molar-refractivity contribution in [1.82, 2.24) is 20.1 Å². The van der Waals surface area contributed by atoms with Gasteiger partial charge in [0.2, 0.25) is 11.8 Å². The first kappa shape index (κ1) is 22.4. The van der Waals surface area contributed by atoms with Gasteiger partial charge in [0.25, 0.3) is 0 Å². The summed E-state index contributed by atoms with van der Waals surface area (Å²) in [4.78, 5) is 31.0. The number of methoxy groups -OCH3 is 1. The first-order valence-electron chi connectivity index (χ1n) is 10.2. The van der Waals surface area contributed by atoms with E-state index in [0.717, 1.165) is 27.8 Å². The van der Waals surface area contributed by atoms with Crippen LogP contribution in [-0.2, 0) is 9.59 Å². The standard InChI is InChI=1S/C24H30N4O3/c1-27(2)24(30)16-28(3)15-23(29)26-13-20(17-9-11-18(31-4)12-10-17)21-14-25-22-8-6-5-7-19(21)22/h5-12,14,20,25H,13,15-16H2,1-4H3,(H,26,29)/t20-/m1/s1. The molecule has 0 saturated carbocycles. The lowest BCUT2D eigenvalue weighted by atomic mass is 9.90. The monoisotopic (exact) mass is 422 g/mol. The number of amides is 2. The largest absolute Gasteiger partial charge is 0.497 e. The quantitative estimate of drug-likeness (QED) is 0.555. The average molecular weight is 423 g/mol. The minimum Gasteiger partial charge on any atom is -0.497 e. The number of likely N-dealkylation sites (N-methyl/N-ethyl adjacent to an activating group) is 2. The number of hydrogen-bond donors (Lipinski definition) is 2. The van der Waals surface area contributed by atoms with E-state index in [0.29, 0.717) is 6.54 Å². The van der Waals surface area contributed by atoms with E-state index in [2.05, 4.69) is 16.4 Å². The third kappa shape index (κ3) is 5.64. The molecule has 0 spiro atoms. The molecule has 2 aromatic carbocycles. The molecular formula is C24H30N4O3. The summed E-state index contributed by atoms with van der Waals surface area (Å²) in [5.74, 6) is 0.606. The van der Waals surface area contributed by atoms with Gasteiger partial charge in [-0.25, -0.2) is 0 Å². The number of H-pyrrole nitrogens is 1. The van der Waals surface area contributed by atoms with Gasteiger partial charge in [-0.05, 0) is 36.4 Å². The highest BCUT2D eigenvalue weighted by Crippen LogP contribution is 2.31. The number of fused-ring (bicyclic) bond motifs is 1. The molecular weight excluding hydrogens is 392 g/mol.